The number of hydrogen-bond donors (Lipinski definition) is 1. The van der Waals surface area contributed by atoms with Gasteiger partial charge in [0, 0.05) is 30.3 Å². The van der Waals surface area contributed by atoms with Gasteiger partial charge in [0.1, 0.15) is 5.56 Å². The molecule has 0 spiro atoms. The van der Waals surface area contributed by atoms with Crippen molar-refractivity contribution in [3.8, 4) is 0 Å². The molecule has 3 rings (SSSR count). The summed E-state index contributed by atoms with van der Waals surface area (Å²) in [5, 5.41) is 6.46. The lowest BCUT2D eigenvalue weighted by Gasteiger charge is -2.16. The van der Waals surface area contributed by atoms with Gasteiger partial charge in [-0.3, -0.25) is 9.59 Å². The van der Waals surface area contributed by atoms with Crippen molar-refractivity contribution in [2.45, 2.75) is 39.5 Å². The van der Waals surface area contributed by atoms with E-state index < -0.39 is 18.5 Å². The van der Waals surface area contributed by atoms with Crippen molar-refractivity contribution in [3.05, 3.63) is 41.3 Å². The molecular weight excluding hydrogens is 362 g/mol. The molecule has 1 saturated heterocycles. The van der Waals surface area contributed by atoms with Crippen LogP contribution in [0.15, 0.2) is 28.8 Å². The minimum absolute atomic E-state index is 0.0291. The molecular formula is C20H23N3O5. The molecule has 2 heterocycles. The fourth-order valence-corrected chi connectivity index (χ4v) is 3.08. The van der Waals surface area contributed by atoms with Gasteiger partial charge in [0.15, 0.2) is 12.4 Å². The monoisotopic (exact) mass is 385 g/mol. The molecule has 0 saturated carbocycles. The number of amides is 2. The van der Waals surface area contributed by atoms with Crippen LogP contribution >= 0.6 is 0 Å². The summed E-state index contributed by atoms with van der Waals surface area (Å²) in [6.45, 7) is 5.69. The number of benzene rings is 1. The Hall–Kier alpha value is -3.16. The molecule has 148 valence electrons. The summed E-state index contributed by atoms with van der Waals surface area (Å²) in [6, 6.07) is 6.98. The van der Waals surface area contributed by atoms with E-state index in [0.717, 1.165) is 12.1 Å². The number of hydrogen-bond acceptors (Lipinski definition) is 6. The Labute approximate surface area is 162 Å². The van der Waals surface area contributed by atoms with E-state index in [1.807, 2.05) is 13.8 Å². The maximum Gasteiger partial charge on any atom is 0.344 e. The Morgan fingerprint density at radius 3 is 2.61 bits per heavy atom. The van der Waals surface area contributed by atoms with Crippen LogP contribution in [0, 0.1) is 6.92 Å². The van der Waals surface area contributed by atoms with Crippen molar-refractivity contribution in [2.24, 2.45) is 0 Å². The molecule has 0 bridgehead atoms. The first-order valence-electron chi connectivity index (χ1n) is 9.20. The highest BCUT2D eigenvalue weighted by atomic mass is 16.5. The standard InChI is InChI=1S/C20H23N3O5/c1-12(2)19-18(13(3)22-28-19)20(26)27-11-16(24)21-14-6-8-15(9-7-14)23-10-4-5-17(23)25/h6-9,12H,4-5,10-11H2,1-3H3,(H,21,24). The summed E-state index contributed by atoms with van der Waals surface area (Å²) in [7, 11) is 0. The summed E-state index contributed by atoms with van der Waals surface area (Å²) >= 11 is 0. The van der Waals surface area contributed by atoms with Gasteiger partial charge in [-0.1, -0.05) is 19.0 Å². The molecule has 28 heavy (non-hydrogen) atoms. The van der Waals surface area contributed by atoms with E-state index in [1.165, 1.54) is 0 Å². The van der Waals surface area contributed by atoms with E-state index >= 15 is 0 Å². The number of rotatable bonds is 6. The first-order chi connectivity index (χ1) is 13.4. The van der Waals surface area contributed by atoms with E-state index in [1.54, 1.807) is 36.1 Å². The largest absolute Gasteiger partial charge is 0.452 e. The Morgan fingerprint density at radius 1 is 1.29 bits per heavy atom. The predicted octanol–water partition coefficient (Wildman–Crippen LogP) is 3.03. The SMILES string of the molecule is Cc1noc(C(C)C)c1C(=O)OCC(=O)Nc1ccc(N2CCCC2=O)cc1. The van der Waals surface area contributed by atoms with Crippen molar-refractivity contribution < 1.29 is 23.6 Å². The number of ether oxygens (including phenoxy) is 1. The zero-order valence-corrected chi connectivity index (χ0v) is 16.2. The summed E-state index contributed by atoms with van der Waals surface area (Å²) in [5.41, 5.74) is 2.06. The zero-order chi connectivity index (χ0) is 20.3. The molecule has 0 aliphatic carbocycles. The van der Waals surface area contributed by atoms with Crippen molar-refractivity contribution >= 4 is 29.2 Å². The number of anilines is 2. The van der Waals surface area contributed by atoms with Gasteiger partial charge in [0.05, 0.1) is 5.69 Å². The quantitative estimate of drug-likeness (QED) is 0.767. The highest BCUT2D eigenvalue weighted by Crippen LogP contribution is 2.24. The van der Waals surface area contributed by atoms with Crippen LogP contribution in [0.3, 0.4) is 0 Å². The fourth-order valence-electron chi connectivity index (χ4n) is 3.08. The smallest absolute Gasteiger partial charge is 0.344 e. The van der Waals surface area contributed by atoms with Crippen LogP contribution in [0.1, 0.15) is 54.4 Å². The van der Waals surface area contributed by atoms with Crippen LogP contribution < -0.4 is 10.2 Å². The van der Waals surface area contributed by atoms with Gasteiger partial charge in [-0.15, -0.1) is 0 Å². The third-order valence-corrected chi connectivity index (χ3v) is 4.49. The Kier molecular flexibility index (Phi) is 5.77. The highest BCUT2D eigenvalue weighted by Gasteiger charge is 2.24. The number of carbonyl (C=O) groups is 3. The van der Waals surface area contributed by atoms with Crippen molar-refractivity contribution in [3.63, 3.8) is 0 Å². The normalized spacial score (nSPS) is 13.9. The lowest BCUT2D eigenvalue weighted by atomic mass is 10.1. The Morgan fingerprint density at radius 2 is 2.00 bits per heavy atom. The summed E-state index contributed by atoms with van der Waals surface area (Å²) < 4.78 is 10.3. The second-order valence-corrected chi connectivity index (χ2v) is 6.98. The van der Waals surface area contributed by atoms with Gasteiger partial charge in [-0.05, 0) is 37.6 Å². The average Bonchev–Trinajstić information content (AvgIpc) is 3.26. The molecule has 0 unspecified atom stereocenters. The van der Waals surface area contributed by atoms with Crippen LogP contribution in [0.25, 0.3) is 0 Å². The number of carbonyl (C=O) groups excluding carboxylic acids is 3. The maximum atomic E-state index is 12.3. The molecule has 1 aliphatic heterocycles. The molecule has 1 fully saturated rings. The lowest BCUT2D eigenvalue weighted by molar-refractivity contribution is -0.119. The van der Waals surface area contributed by atoms with E-state index in [4.69, 9.17) is 9.26 Å². The molecule has 0 radical (unpaired) electrons. The maximum absolute atomic E-state index is 12.3. The predicted molar refractivity (Wildman–Crippen MR) is 102 cm³/mol. The van der Waals surface area contributed by atoms with Crippen molar-refractivity contribution in [2.75, 3.05) is 23.4 Å². The van der Waals surface area contributed by atoms with Gasteiger partial charge in [0.25, 0.3) is 5.91 Å². The second-order valence-electron chi connectivity index (χ2n) is 6.98. The van der Waals surface area contributed by atoms with Gasteiger partial charge < -0.3 is 19.5 Å². The number of nitrogens with zero attached hydrogens (tertiary/aromatic N) is 2. The van der Waals surface area contributed by atoms with Gasteiger partial charge in [-0.25, -0.2) is 4.79 Å². The summed E-state index contributed by atoms with van der Waals surface area (Å²) in [4.78, 5) is 37.9. The van der Waals surface area contributed by atoms with Crippen LogP contribution in [0.4, 0.5) is 11.4 Å². The lowest BCUT2D eigenvalue weighted by Crippen LogP contribution is -2.24. The van der Waals surface area contributed by atoms with Crippen LogP contribution in [0.2, 0.25) is 0 Å². The number of nitrogens with one attached hydrogen (secondary N) is 1. The third kappa shape index (κ3) is 4.21. The van der Waals surface area contributed by atoms with Gasteiger partial charge >= 0.3 is 5.97 Å². The first kappa shape index (κ1) is 19.6. The van der Waals surface area contributed by atoms with E-state index in [2.05, 4.69) is 10.5 Å². The van der Waals surface area contributed by atoms with Crippen molar-refractivity contribution in [1.82, 2.24) is 5.16 Å². The zero-order valence-electron chi connectivity index (χ0n) is 16.2. The minimum Gasteiger partial charge on any atom is -0.452 e. The Bertz CT molecular complexity index is 886. The fraction of sp³-hybridized carbons (Fsp3) is 0.400. The molecule has 8 nitrogen and oxygen atoms in total. The molecule has 8 heteroatoms. The van der Waals surface area contributed by atoms with Crippen molar-refractivity contribution in [1.29, 1.82) is 0 Å². The second kappa shape index (κ2) is 8.24. The molecule has 2 amide bonds. The molecule has 1 aromatic carbocycles. The van der Waals surface area contributed by atoms with E-state index in [-0.39, 0.29) is 17.4 Å². The number of aryl methyl sites for hydroxylation is 1. The third-order valence-electron chi connectivity index (χ3n) is 4.49. The van der Waals surface area contributed by atoms with Crippen LogP contribution in [0.5, 0.6) is 0 Å². The highest BCUT2D eigenvalue weighted by molar-refractivity contribution is 5.97. The molecule has 0 atom stereocenters. The van der Waals surface area contributed by atoms with Crippen LogP contribution in [-0.4, -0.2) is 36.1 Å². The summed E-state index contributed by atoms with van der Waals surface area (Å²) in [5.74, 6) is -0.582. The van der Waals surface area contributed by atoms with Crippen LogP contribution in [-0.2, 0) is 14.3 Å². The van der Waals surface area contributed by atoms with Gasteiger partial charge in [-0.2, -0.15) is 0 Å². The van der Waals surface area contributed by atoms with Gasteiger partial charge in [0.2, 0.25) is 5.91 Å². The average molecular weight is 385 g/mol. The molecule has 1 aliphatic rings. The minimum atomic E-state index is -0.638. The topological polar surface area (TPSA) is 102 Å². The Balaban J connectivity index is 1.55. The number of esters is 1. The summed E-state index contributed by atoms with van der Waals surface area (Å²) in [6.07, 6.45) is 1.42. The molecule has 1 N–H and O–H groups in total. The van der Waals surface area contributed by atoms with E-state index in [0.29, 0.717) is 30.1 Å². The first-order valence-corrected chi connectivity index (χ1v) is 9.20. The molecule has 2 aromatic rings. The molecule has 1 aromatic heterocycles. The van der Waals surface area contributed by atoms with E-state index in [9.17, 15) is 14.4 Å². The number of aromatic nitrogens is 1.